The molecule has 0 aliphatic carbocycles. The van der Waals surface area contributed by atoms with E-state index in [-0.39, 0.29) is 16.9 Å². The predicted octanol–water partition coefficient (Wildman–Crippen LogP) is 0.574. The maximum atomic E-state index is 10.9. The second-order valence-corrected chi connectivity index (χ2v) is 2.81. The highest BCUT2D eigenvalue weighted by Crippen LogP contribution is 2.29. The number of benzene rings is 1. The second kappa shape index (κ2) is 4.27. The fourth-order valence-corrected chi connectivity index (χ4v) is 1.16. The lowest BCUT2D eigenvalue weighted by Gasteiger charge is -2.04. The van der Waals surface area contributed by atoms with Gasteiger partial charge in [0.1, 0.15) is 11.8 Å². The van der Waals surface area contributed by atoms with Crippen molar-refractivity contribution >= 4 is 11.6 Å². The van der Waals surface area contributed by atoms with Crippen molar-refractivity contribution in [2.24, 2.45) is 5.73 Å². The summed E-state index contributed by atoms with van der Waals surface area (Å²) in [6, 6.07) is 3.78. The molecule has 7 nitrogen and oxygen atoms in total. The molecule has 0 saturated heterocycles. The Morgan fingerprint density at radius 3 is 2.62 bits per heavy atom. The Hall–Kier alpha value is -2.62. The second-order valence-electron chi connectivity index (χ2n) is 2.81. The van der Waals surface area contributed by atoms with Gasteiger partial charge in [-0.1, -0.05) is 0 Å². The van der Waals surface area contributed by atoms with Crippen LogP contribution in [0.2, 0.25) is 0 Å². The molecule has 0 saturated carbocycles. The van der Waals surface area contributed by atoms with Crippen LogP contribution in [0.25, 0.3) is 0 Å². The molecule has 0 aliphatic rings. The standard InChI is InChI=1S/C9H7N3O4/c1-16-8-3-5(9(11)13)2-7(12(14)15)6(8)4-10/h2-3H,1H3,(H2,11,13). The molecule has 0 unspecified atom stereocenters. The highest BCUT2D eigenvalue weighted by atomic mass is 16.6. The number of nitriles is 1. The van der Waals surface area contributed by atoms with Crippen LogP contribution in [-0.4, -0.2) is 17.9 Å². The molecule has 0 radical (unpaired) electrons. The number of ether oxygens (including phenoxy) is 1. The van der Waals surface area contributed by atoms with E-state index in [4.69, 9.17) is 15.7 Å². The topological polar surface area (TPSA) is 119 Å². The highest BCUT2D eigenvalue weighted by molar-refractivity contribution is 5.94. The minimum absolute atomic E-state index is 0.0505. The predicted molar refractivity (Wildman–Crippen MR) is 52.9 cm³/mol. The summed E-state index contributed by atoms with van der Waals surface area (Å²) in [5, 5.41) is 19.4. The Kier molecular flexibility index (Phi) is 3.06. The van der Waals surface area contributed by atoms with Gasteiger partial charge in [0.05, 0.1) is 12.0 Å². The Balaban J connectivity index is 3.57. The summed E-state index contributed by atoms with van der Waals surface area (Å²) in [6.45, 7) is 0. The summed E-state index contributed by atoms with van der Waals surface area (Å²) in [7, 11) is 1.24. The number of amides is 1. The van der Waals surface area contributed by atoms with Crippen molar-refractivity contribution in [3.63, 3.8) is 0 Å². The largest absolute Gasteiger partial charge is 0.495 e. The molecule has 0 spiro atoms. The van der Waals surface area contributed by atoms with E-state index in [0.29, 0.717) is 0 Å². The van der Waals surface area contributed by atoms with Crippen LogP contribution in [0.1, 0.15) is 15.9 Å². The number of primary amides is 1. The van der Waals surface area contributed by atoms with Crippen molar-refractivity contribution in [2.45, 2.75) is 0 Å². The van der Waals surface area contributed by atoms with Gasteiger partial charge in [0, 0.05) is 11.6 Å². The molecule has 1 aromatic rings. The van der Waals surface area contributed by atoms with Gasteiger partial charge in [-0.3, -0.25) is 14.9 Å². The first-order valence-electron chi connectivity index (χ1n) is 4.07. The monoisotopic (exact) mass is 221 g/mol. The Bertz CT molecular complexity index is 504. The van der Waals surface area contributed by atoms with Crippen molar-refractivity contribution in [1.82, 2.24) is 0 Å². The molecule has 0 aliphatic heterocycles. The summed E-state index contributed by atoms with van der Waals surface area (Å²) in [5.41, 5.74) is 4.17. The van der Waals surface area contributed by atoms with Gasteiger partial charge in [-0.2, -0.15) is 5.26 Å². The number of carbonyl (C=O) groups excluding carboxylic acids is 1. The maximum Gasteiger partial charge on any atom is 0.291 e. The van der Waals surface area contributed by atoms with Crippen molar-refractivity contribution in [3.05, 3.63) is 33.4 Å². The zero-order valence-corrected chi connectivity index (χ0v) is 8.26. The number of nitro benzene ring substituents is 1. The zero-order chi connectivity index (χ0) is 12.3. The zero-order valence-electron chi connectivity index (χ0n) is 8.26. The van der Waals surface area contributed by atoms with E-state index in [1.807, 2.05) is 0 Å². The third-order valence-electron chi connectivity index (χ3n) is 1.89. The maximum absolute atomic E-state index is 10.9. The van der Waals surface area contributed by atoms with E-state index in [0.717, 1.165) is 6.07 Å². The highest BCUT2D eigenvalue weighted by Gasteiger charge is 2.21. The quantitative estimate of drug-likeness (QED) is 0.591. The average molecular weight is 221 g/mol. The molecule has 1 rings (SSSR count). The first-order chi connectivity index (χ1) is 7.51. The smallest absolute Gasteiger partial charge is 0.291 e. The molecule has 0 aromatic heterocycles. The van der Waals surface area contributed by atoms with Crippen molar-refractivity contribution in [1.29, 1.82) is 5.26 Å². The SMILES string of the molecule is COc1cc(C(N)=O)cc([N+](=O)[O-])c1C#N. The van der Waals surface area contributed by atoms with E-state index >= 15 is 0 Å². The molecule has 2 N–H and O–H groups in total. The molecule has 1 amide bonds. The number of hydrogen-bond donors (Lipinski definition) is 1. The molecule has 1 aromatic carbocycles. The fraction of sp³-hybridized carbons (Fsp3) is 0.111. The third kappa shape index (κ3) is 1.90. The van der Waals surface area contributed by atoms with Crippen molar-refractivity contribution in [2.75, 3.05) is 7.11 Å². The Morgan fingerprint density at radius 1 is 1.62 bits per heavy atom. The van der Waals surface area contributed by atoms with Gasteiger partial charge in [-0.05, 0) is 6.07 Å². The lowest BCUT2D eigenvalue weighted by atomic mass is 10.1. The minimum atomic E-state index is -0.828. The normalized spacial score (nSPS) is 9.25. The van der Waals surface area contributed by atoms with E-state index in [9.17, 15) is 14.9 Å². The Morgan fingerprint density at radius 2 is 2.25 bits per heavy atom. The van der Waals surface area contributed by atoms with E-state index in [2.05, 4.69) is 0 Å². The van der Waals surface area contributed by atoms with E-state index in [1.54, 1.807) is 6.07 Å². The number of carbonyl (C=O) groups is 1. The van der Waals surface area contributed by atoms with Gasteiger partial charge in [-0.25, -0.2) is 0 Å². The molecule has 16 heavy (non-hydrogen) atoms. The first kappa shape index (κ1) is 11.5. The minimum Gasteiger partial charge on any atom is -0.495 e. The summed E-state index contributed by atoms with van der Waals surface area (Å²) >= 11 is 0. The van der Waals surface area contributed by atoms with Gasteiger partial charge in [0.25, 0.3) is 5.69 Å². The number of hydrogen-bond acceptors (Lipinski definition) is 5. The van der Waals surface area contributed by atoms with Crippen LogP contribution >= 0.6 is 0 Å². The molecular weight excluding hydrogens is 214 g/mol. The number of nitrogens with zero attached hydrogens (tertiary/aromatic N) is 2. The van der Waals surface area contributed by atoms with Crippen molar-refractivity contribution in [3.8, 4) is 11.8 Å². The molecule has 0 fully saturated rings. The van der Waals surface area contributed by atoms with Crippen LogP contribution in [-0.2, 0) is 0 Å². The molecule has 82 valence electrons. The summed E-state index contributed by atoms with van der Waals surface area (Å²) < 4.78 is 4.78. The van der Waals surface area contributed by atoms with Gasteiger partial charge in [0.2, 0.25) is 5.91 Å². The molecule has 0 heterocycles. The van der Waals surface area contributed by atoms with E-state index < -0.39 is 16.5 Å². The first-order valence-corrected chi connectivity index (χ1v) is 4.07. The lowest BCUT2D eigenvalue weighted by molar-refractivity contribution is -0.385. The van der Waals surface area contributed by atoms with Gasteiger partial charge >= 0.3 is 0 Å². The van der Waals surface area contributed by atoms with Crippen LogP contribution in [0.15, 0.2) is 12.1 Å². The molecule has 0 bridgehead atoms. The van der Waals surface area contributed by atoms with Gasteiger partial charge < -0.3 is 10.5 Å². The van der Waals surface area contributed by atoms with E-state index in [1.165, 1.54) is 13.2 Å². The molecular formula is C9H7N3O4. The average Bonchev–Trinajstić information content (AvgIpc) is 2.26. The summed E-state index contributed by atoms with van der Waals surface area (Å²) in [4.78, 5) is 20.8. The summed E-state index contributed by atoms with van der Waals surface area (Å²) in [5.74, 6) is -0.878. The van der Waals surface area contributed by atoms with Crippen LogP contribution in [0.5, 0.6) is 5.75 Å². The van der Waals surface area contributed by atoms with Crippen LogP contribution in [0.3, 0.4) is 0 Å². The number of nitro groups is 1. The lowest BCUT2D eigenvalue weighted by Crippen LogP contribution is -2.12. The van der Waals surface area contributed by atoms with Gasteiger partial charge in [-0.15, -0.1) is 0 Å². The third-order valence-corrected chi connectivity index (χ3v) is 1.89. The Labute approximate surface area is 90.2 Å². The fourth-order valence-electron chi connectivity index (χ4n) is 1.16. The van der Waals surface area contributed by atoms with Crippen LogP contribution in [0.4, 0.5) is 5.69 Å². The van der Waals surface area contributed by atoms with Crippen molar-refractivity contribution < 1.29 is 14.5 Å². The van der Waals surface area contributed by atoms with Gasteiger partial charge in [0.15, 0.2) is 5.56 Å². The molecule has 7 heteroatoms. The van der Waals surface area contributed by atoms with Crippen LogP contribution in [0, 0.1) is 21.4 Å². The number of rotatable bonds is 3. The molecule has 0 atom stereocenters. The number of methoxy groups -OCH3 is 1. The number of nitrogens with two attached hydrogens (primary N) is 1. The van der Waals surface area contributed by atoms with Crippen LogP contribution < -0.4 is 10.5 Å². The summed E-state index contributed by atoms with van der Waals surface area (Å²) in [6.07, 6.45) is 0.